The number of aryl methyl sites for hydroxylation is 2. The quantitative estimate of drug-likeness (QED) is 0.728. The molecule has 1 aromatic carbocycles. The predicted molar refractivity (Wildman–Crippen MR) is 92.7 cm³/mol. The first-order valence-electron chi connectivity index (χ1n) is 8.46. The molecule has 0 spiro atoms. The van der Waals surface area contributed by atoms with E-state index < -0.39 is 0 Å². The van der Waals surface area contributed by atoms with E-state index in [9.17, 15) is 4.39 Å². The number of aromatic nitrogens is 2. The molecule has 3 aromatic rings. The van der Waals surface area contributed by atoms with E-state index in [4.69, 9.17) is 4.74 Å². The SMILES string of the molecule is Cc1[nH]c2c(OCc3ccc(F)cc3)cnc(CC3CC3)c2c1C. The van der Waals surface area contributed by atoms with Gasteiger partial charge in [-0.2, -0.15) is 0 Å². The molecule has 0 unspecified atom stereocenters. The highest BCUT2D eigenvalue weighted by Gasteiger charge is 2.25. The Kier molecular flexibility index (Phi) is 3.75. The summed E-state index contributed by atoms with van der Waals surface area (Å²) in [7, 11) is 0. The van der Waals surface area contributed by atoms with E-state index in [1.165, 1.54) is 41.6 Å². The highest BCUT2D eigenvalue weighted by molar-refractivity contribution is 5.91. The standard InChI is InChI=1S/C20H21FN2O/c1-12-13(2)23-20-18(24-11-15-5-7-16(21)8-6-15)10-22-17(19(12)20)9-14-3-4-14/h5-8,10,14,23H,3-4,9,11H2,1-2H3. The molecule has 0 atom stereocenters. The molecule has 1 N–H and O–H groups in total. The molecule has 0 bridgehead atoms. The topological polar surface area (TPSA) is 37.9 Å². The number of fused-ring (bicyclic) bond motifs is 1. The zero-order chi connectivity index (χ0) is 16.7. The number of halogens is 1. The molecule has 2 aromatic heterocycles. The van der Waals surface area contributed by atoms with Gasteiger partial charge in [0.2, 0.25) is 0 Å². The Morgan fingerprint density at radius 3 is 2.67 bits per heavy atom. The zero-order valence-corrected chi connectivity index (χ0v) is 14.0. The number of nitrogens with zero attached hydrogens (tertiary/aromatic N) is 1. The van der Waals surface area contributed by atoms with Gasteiger partial charge in [0.15, 0.2) is 5.75 Å². The molecule has 0 saturated heterocycles. The third-order valence-electron chi connectivity index (χ3n) is 4.86. The van der Waals surface area contributed by atoms with Crippen LogP contribution in [-0.4, -0.2) is 9.97 Å². The van der Waals surface area contributed by atoms with Crippen molar-refractivity contribution in [1.82, 2.24) is 9.97 Å². The minimum absolute atomic E-state index is 0.233. The summed E-state index contributed by atoms with van der Waals surface area (Å²) in [6, 6.07) is 6.39. The van der Waals surface area contributed by atoms with Crippen LogP contribution >= 0.6 is 0 Å². The molecule has 1 aliphatic rings. The zero-order valence-electron chi connectivity index (χ0n) is 14.0. The second-order valence-electron chi connectivity index (χ2n) is 6.76. The highest BCUT2D eigenvalue weighted by atomic mass is 19.1. The Balaban J connectivity index is 1.65. The molecule has 1 saturated carbocycles. The summed E-state index contributed by atoms with van der Waals surface area (Å²) < 4.78 is 19.0. The maximum atomic E-state index is 13.0. The third-order valence-corrected chi connectivity index (χ3v) is 4.86. The Labute approximate surface area is 140 Å². The number of aromatic amines is 1. The average molecular weight is 324 g/mol. The summed E-state index contributed by atoms with van der Waals surface area (Å²) in [5.41, 5.74) is 5.54. The lowest BCUT2D eigenvalue weighted by Gasteiger charge is -2.10. The van der Waals surface area contributed by atoms with Gasteiger partial charge in [-0.15, -0.1) is 0 Å². The fourth-order valence-electron chi connectivity index (χ4n) is 3.13. The summed E-state index contributed by atoms with van der Waals surface area (Å²) in [4.78, 5) is 8.13. The number of rotatable bonds is 5. The van der Waals surface area contributed by atoms with Crippen LogP contribution in [0.5, 0.6) is 5.75 Å². The van der Waals surface area contributed by atoms with Gasteiger partial charge in [0.05, 0.1) is 17.4 Å². The van der Waals surface area contributed by atoms with Crippen molar-refractivity contribution in [2.75, 3.05) is 0 Å². The molecule has 1 fully saturated rings. The summed E-state index contributed by atoms with van der Waals surface area (Å²) in [5.74, 6) is 1.31. The van der Waals surface area contributed by atoms with Crippen LogP contribution in [0.2, 0.25) is 0 Å². The van der Waals surface area contributed by atoms with Crippen molar-refractivity contribution in [3.63, 3.8) is 0 Å². The number of nitrogens with one attached hydrogen (secondary N) is 1. The van der Waals surface area contributed by atoms with Crippen LogP contribution < -0.4 is 4.74 Å². The first kappa shape index (κ1) is 15.2. The molecule has 24 heavy (non-hydrogen) atoms. The largest absolute Gasteiger partial charge is 0.485 e. The number of benzene rings is 1. The van der Waals surface area contributed by atoms with Gasteiger partial charge in [-0.05, 0) is 62.3 Å². The molecule has 4 rings (SSSR count). The lowest BCUT2D eigenvalue weighted by molar-refractivity contribution is 0.308. The third kappa shape index (κ3) is 2.88. The second kappa shape index (κ2) is 5.93. The summed E-state index contributed by atoms with van der Waals surface area (Å²) >= 11 is 0. The van der Waals surface area contributed by atoms with E-state index in [1.807, 2.05) is 6.20 Å². The van der Waals surface area contributed by atoms with Gasteiger partial charge in [-0.3, -0.25) is 4.98 Å². The van der Waals surface area contributed by atoms with Crippen molar-refractivity contribution in [3.8, 4) is 5.75 Å². The Morgan fingerprint density at radius 2 is 1.96 bits per heavy atom. The van der Waals surface area contributed by atoms with Crippen LogP contribution in [0.25, 0.3) is 10.9 Å². The lowest BCUT2D eigenvalue weighted by Crippen LogP contribution is -1.99. The number of hydrogen-bond donors (Lipinski definition) is 1. The predicted octanol–water partition coefficient (Wildman–Crippen LogP) is 4.85. The van der Waals surface area contributed by atoms with Crippen LogP contribution in [0, 0.1) is 25.6 Å². The Morgan fingerprint density at radius 1 is 1.21 bits per heavy atom. The van der Waals surface area contributed by atoms with Crippen LogP contribution in [0.15, 0.2) is 30.5 Å². The summed E-state index contributed by atoms with van der Waals surface area (Å²) in [5, 5.41) is 1.20. The maximum Gasteiger partial charge on any atom is 0.162 e. The molecule has 2 heterocycles. The van der Waals surface area contributed by atoms with E-state index >= 15 is 0 Å². The molecule has 4 heteroatoms. The number of hydrogen-bond acceptors (Lipinski definition) is 2. The Bertz CT molecular complexity index is 879. The summed E-state index contributed by atoms with van der Waals surface area (Å²) in [6.07, 6.45) is 5.49. The normalized spacial score (nSPS) is 14.3. The fraction of sp³-hybridized carbons (Fsp3) is 0.350. The number of H-pyrrole nitrogens is 1. The van der Waals surface area contributed by atoms with Crippen LogP contribution in [-0.2, 0) is 13.0 Å². The lowest BCUT2D eigenvalue weighted by atomic mass is 10.1. The number of pyridine rings is 1. The van der Waals surface area contributed by atoms with Crippen LogP contribution in [0.1, 0.15) is 35.4 Å². The average Bonchev–Trinajstić information content (AvgIpc) is 3.34. The van der Waals surface area contributed by atoms with E-state index in [-0.39, 0.29) is 5.82 Å². The van der Waals surface area contributed by atoms with Gasteiger partial charge in [0.25, 0.3) is 0 Å². The molecule has 3 nitrogen and oxygen atoms in total. The fourth-order valence-corrected chi connectivity index (χ4v) is 3.13. The van der Waals surface area contributed by atoms with Crippen molar-refractivity contribution >= 4 is 10.9 Å². The Hall–Kier alpha value is -2.36. The van der Waals surface area contributed by atoms with E-state index in [0.29, 0.717) is 6.61 Å². The summed E-state index contributed by atoms with van der Waals surface area (Å²) in [6.45, 7) is 4.62. The molecule has 0 radical (unpaired) electrons. The van der Waals surface area contributed by atoms with Gasteiger partial charge >= 0.3 is 0 Å². The molecule has 0 amide bonds. The van der Waals surface area contributed by atoms with Gasteiger partial charge in [0.1, 0.15) is 12.4 Å². The van der Waals surface area contributed by atoms with Gasteiger partial charge in [0, 0.05) is 11.1 Å². The first-order chi connectivity index (χ1) is 11.6. The van der Waals surface area contributed by atoms with Gasteiger partial charge in [-0.25, -0.2) is 4.39 Å². The van der Waals surface area contributed by atoms with E-state index in [0.717, 1.165) is 34.9 Å². The van der Waals surface area contributed by atoms with Crippen molar-refractivity contribution in [1.29, 1.82) is 0 Å². The van der Waals surface area contributed by atoms with Crippen molar-refractivity contribution in [3.05, 3.63) is 58.8 Å². The van der Waals surface area contributed by atoms with Gasteiger partial charge in [-0.1, -0.05) is 12.1 Å². The van der Waals surface area contributed by atoms with E-state index in [1.54, 1.807) is 12.1 Å². The second-order valence-corrected chi connectivity index (χ2v) is 6.76. The van der Waals surface area contributed by atoms with Crippen molar-refractivity contribution in [2.24, 2.45) is 5.92 Å². The minimum Gasteiger partial charge on any atom is -0.485 e. The molecular formula is C20H21FN2O. The monoisotopic (exact) mass is 324 g/mol. The van der Waals surface area contributed by atoms with E-state index in [2.05, 4.69) is 23.8 Å². The highest BCUT2D eigenvalue weighted by Crippen LogP contribution is 2.37. The number of ether oxygens (including phenoxy) is 1. The molecule has 1 aliphatic carbocycles. The van der Waals surface area contributed by atoms with Gasteiger partial charge < -0.3 is 9.72 Å². The van der Waals surface area contributed by atoms with Crippen LogP contribution in [0.3, 0.4) is 0 Å². The first-order valence-corrected chi connectivity index (χ1v) is 8.46. The molecular weight excluding hydrogens is 303 g/mol. The van der Waals surface area contributed by atoms with Crippen molar-refractivity contribution in [2.45, 2.75) is 39.7 Å². The maximum absolute atomic E-state index is 13.0. The molecule has 0 aliphatic heterocycles. The van der Waals surface area contributed by atoms with Crippen molar-refractivity contribution < 1.29 is 9.13 Å². The smallest absolute Gasteiger partial charge is 0.162 e. The van der Waals surface area contributed by atoms with Crippen LogP contribution in [0.4, 0.5) is 4.39 Å². The minimum atomic E-state index is -0.233. The molecule has 124 valence electrons.